The van der Waals surface area contributed by atoms with Crippen molar-refractivity contribution in [3.05, 3.63) is 58.3 Å². The van der Waals surface area contributed by atoms with Crippen LogP contribution in [0.4, 0.5) is 11.5 Å². The quantitative estimate of drug-likeness (QED) is 0.497. The smallest absolute Gasteiger partial charge is 0.270 e. The van der Waals surface area contributed by atoms with Crippen molar-refractivity contribution in [2.45, 2.75) is 0 Å². The molecule has 0 fully saturated rings. The molecule has 0 saturated carbocycles. The summed E-state index contributed by atoms with van der Waals surface area (Å²) < 4.78 is 0. The molecule has 1 aromatic heterocycles. The van der Waals surface area contributed by atoms with Gasteiger partial charge in [0, 0.05) is 23.9 Å². The number of hydrogen-bond donors (Lipinski definition) is 2. The molecular formula is C12H10N4O3. The molecule has 0 aliphatic carbocycles. The second-order valence-corrected chi connectivity index (χ2v) is 3.59. The minimum Gasteiger partial charge on any atom is -0.507 e. The van der Waals surface area contributed by atoms with Gasteiger partial charge in [-0.15, -0.1) is 0 Å². The SMILES string of the molecule is O=[N+]([O-])c1ccc(O)c(/C=N\Nc2ccccn2)c1. The van der Waals surface area contributed by atoms with Crippen molar-refractivity contribution >= 4 is 17.7 Å². The zero-order valence-corrected chi connectivity index (χ0v) is 9.72. The van der Waals surface area contributed by atoms with Crippen LogP contribution in [0.2, 0.25) is 0 Å². The fourth-order valence-corrected chi connectivity index (χ4v) is 1.36. The van der Waals surface area contributed by atoms with Crippen LogP contribution in [0.3, 0.4) is 0 Å². The molecule has 1 aromatic carbocycles. The average Bonchev–Trinajstić information content (AvgIpc) is 2.42. The van der Waals surface area contributed by atoms with Gasteiger partial charge in [-0.25, -0.2) is 4.98 Å². The number of phenolic OH excluding ortho intramolecular Hbond substituents is 1. The summed E-state index contributed by atoms with van der Waals surface area (Å²) in [7, 11) is 0. The summed E-state index contributed by atoms with van der Waals surface area (Å²) in [4.78, 5) is 14.1. The van der Waals surface area contributed by atoms with E-state index in [1.165, 1.54) is 24.4 Å². The van der Waals surface area contributed by atoms with Crippen molar-refractivity contribution in [1.29, 1.82) is 0 Å². The highest BCUT2D eigenvalue weighted by Crippen LogP contribution is 2.21. The van der Waals surface area contributed by atoms with E-state index in [4.69, 9.17) is 0 Å². The molecule has 0 radical (unpaired) electrons. The predicted octanol–water partition coefficient (Wildman–Crippen LogP) is 2.14. The monoisotopic (exact) mass is 258 g/mol. The number of nitrogens with one attached hydrogen (secondary N) is 1. The van der Waals surface area contributed by atoms with Gasteiger partial charge < -0.3 is 5.11 Å². The van der Waals surface area contributed by atoms with Crippen molar-refractivity contribution in [3.8, 4) is 5.75 Å². The fraction of sp³-hybridized carbons (Fsp3) is 0. The first-order chi connectivity index (χ1) is 9.16. The van der Waals surface area contributed by atoms with Gasteiger partial charge in [0.15, 0.2) is 0 Å². The third kappa shape index (κ3) is 3.25. The van der Waals surface area contributed by atoms with Gasteiger partial charge >= 0.3 is 0 Å². The van der Waals surface area contributed by atoms with Crippen LogP contribution in [0.5, 0.6) is 5.75 Å². The molecule has 7 nitrogen and oxygen atoms in total. The topological polar surface area (TPSA) is 101 Å². The highest BCUT2D eigenvalue weighted by atomic mass is 16.6. The number of nitro benzene ring substituents is 1. The predicted molar refractivity (Wildman–Crippen MR) is 70.2 cm³/mol. The molecule has 0 unspecified atom stereocenters. The van der Waals surface area contributed by atoms with E-state index in [2.05, 4.69) is 15.5 Å². The van der Waals surface area contributed by atoms with E-state index in [1.54, 1.807) is 24.4 Å². The Kier molecular flexibility index (Phi) is 3.67. The van der Waals surface area contributed by atoms with E-state index in [1.807, 2.05) is 0 Å². The Labute approximate surface area is 108 Å². The average molecular weight is 258 g/mol. The summed E-state index contributed by atoms with van der Waals surface area (Å²) in [5.74, 6) is 0.445. The van der Waals surface area contributed by atoms with Crippen molar-refractivity contribution in [2.24, 2.45) is 5.10 Å². The molecule has 0 amide bonds. The maximum atomic E-state index is 10.6. The third-order valence-electron chi connectivity index (χ3n) is 2.27. The minimum absolute atomic E-state index is 0.0860. The van der Waals surface area contributed by atoms with Gasteiger partial charge in [-0.2, -0.15) is 5.10 Å². The van der Waals surface area contributed by atoms with E-state index in [0.29, 0.717) is 5.82 Å². The van der Waals surface area contributed by atoms with Crippen LogP contribution >= 0.6 is 0 Å². The number of non-ortho nitro benzene ring substituents is 1. The van der Waals surface area contributed by atoms with Crippen LogP contribution in [-0.4, -0.2) is 21.2 Å². The van der Waals surface area contributed by atoms with Crippen LogP contribution in [0.1, 0.15) is 5.56 Å². The molecule has 2 aromatic rings. The number of nitro groups is 1. The summed E-state index contributed by atoms with van der Waals surface area (Å²) in [5, 5.41) is 24.0. The summed E-state index contributed by atoms with van der Waals surface area (Å²) in [5.41, 5.74) is 2.78. The van der Waals surface area contributed by atoms with Gasteiger partial charge in [0.05, 0.1) is 11.1 Å². The summed E-state index contributed by atoms with van der Waals surface area (Å²) in [6.45, 7) is 0. The lowest BCUT2D eigenvalue weighted by atomic mass is 10.2. The number of phenols is 1. The van der Waals surface area contributed by atoms with Gasteiger partial charge in [-0.05, 0) is 18.2 Å². The van der Waals surface area contributed by atoms with Crippen LogP contribution in [-0.2, 0) is 0 Å². The lowest BCUT2D eigenvalue weighted by molar-refractivity contribution is -0.384. The molecular weight excluding hydrogens is 248 g/mol. The Morgan fingerprint density at radius 1 is 1.37 bits per heavy atom. The van der Waals surface area contributed by atoms with Gasteiger partial charge in [0.2, 0.25) is 0 Å². The lowest BCUT2D eigenvalue weighted by Crippen LogP contribution is -1.94. The summed E-state index contributed by atoms with van der Waals surface area (Å²) in [6, 6.07) is 8.97. The van der Waals surface area contributed by atoms with Crippen LogP contribution < -0.4 is 5.43 Å². The summed E-state index contributed by atoms with van der Waals surface area (Å²) >= 11 is 0. The fourth-order valence-electron chi connectivity index (χ4n) is 1.36. The van der Waals surface area contributed by atoms with Crippen LogP contribution in [0, 0.1) is 10.1 Å². The molecule has 0 spiro atoms. The number of anilines is 1. The maximum Gasteiger partial charge on any atom is 0.270 e. The first-order valence-electron chi connectivity index (χ1n) is 5.34. The highest BCUT2D eigenvalue weighted by Gasteiger charge is 2.08. The number of rotatable bonds is 4. The molecule has 2 rings (SSSR count). The second kappa shape index (κ2) is 5.58. The van der Waals surface area contributed by atoms with E-state index in [9.17, 15) is 15.2 Å². The number of nitrogens with zero attached hydrogens (tertiary/aromatic N) is 3. The van der Waals surface area contributed by atoms with Crippen LogP contribution in [0.15, 0.2) is 47.7 Å². The zero-order valence-electron chi connectivity index (χ0n) is 9.72. The normalized spacial score (nSPS) is 10.5. The van der Waals surface area contributed by atoms with E-state index in [0.717, 1.165) is 0 Å². The second-order valence-electron chi connectivity index (χ2n) is 3.59. The molecule has 0 bridgehead atoms. The molecule has 7 heteroatoms. The number of hydrazone groups is 1. The number of aromatic nitrogens is 1. The zero-order chi connectivity index (χ0) is 13.7. The number of hydrogen-bond acceptors (Lipinski definition) is 6. The maximum absolute atomic E-state index is 10.6. The standard InChI is InChI=1S/C12H10N4O3/c17-11-5-4-10(16(18)19)7-9(11)8-14-15-12-3-1-2-6-13-12/h1-8,17H,(H,13,15)/b14-8-. The van der Waals surface area contributed by atoms with E-state index >= 15 is 0 Å². The molecule has 0 aliphatic rings. The summed E-state index contributed by atoms with van der Waals surface area (Å²) in [6.07, 6.45) is 2.89. The molecule has 0 saturated heterocycles. The van der Waals surface area contributed by atoms with Crippen molar-refractivity contribution in [2.75, 3.05) is 5.43 Å². The van der Waals surface area contributed by atoms with Gasteiger partial charge in [0.25, 0.3) is 5.69 Å². The van der Waals surface area contributed by atoms with E-state index < -0.39 is 4.92 Å². The largest absolute Gasteiger partial charge is 0.507 e. The Morgan fingerprint density at radius 3 is 2.89 bits per heavy atom. The number of pyridine rings is 1. The molecule has 19 heavy (non-hydrogen) atoms. The first-order valence-corrected chi connectivity index (χ1v) is 5.34. The Morgan fingerprint density at radius 2 is 2.21 bits per heavy atom. The molecule has 2 N–H and O–H groups in total. The van der Waals surface area contributed by atoms with Gasteiger partial charge in [-0.3, -0.25) is 15.5 Å². The van der Waals surface area contributed by atoms with Crippen molar-refractivity contribution < 1.29 is 10.0 Å². The molecule has 0 atom stereocenters. The number of aromatic hydroxyl groups is 1. The van der Waals surface area contributed by atoms with E-state index in [-0.39, 0.29) is 17.0 Å². The lowest BCUT2D eigenvalue weighted by Gasteiger charge is -2.00. The van der Waals surface area contributed by atoms with Gasteiger partial charge in [0.1, 0.15) is 11.6 Å². The van der Waals surface area contributed by atoms with Crippen LogP contribution in [0.25, 0.3) is 0 Å². The Hall–Kier alpha value is -2.96. The van der Waals surface area contributed by atoms with Crippen molar-refractivity contribution in [3.63, 3.8) is 0 Å². The minimum atomic E-state index is -0.539. The molecule has 0 aliphatic heterocycles. The Balaban J connectivity index is 2.14. The third-order valence-corrected chi connectivity index (χ3v) is 2.27. The Bertz CT molecular complexity index is 614. The highest BCUT2D eigenvalue weighted by molar-refractivity contribution is 5.84. The van der Waals surface area contributed by atoms with Gasteiger partial charge in [-0.1, -0.05) is 6.07 Å². The van der Waals surface area contributed by atoms with Crippen molar-refractivity contribution in [1.82, 2.24) is 4.98 Å². The number of benzene rings is 1. The molecule has 96 valence electrons. The molecule has 1 heterocycles. The first kappa shape index (κ1) is 12.5.